The standard InChI is InChI=1S/C19H15ClN2O6.C19H16N2O6/c1-27-10-2-4-11(5-3-10)28-12-6-7-13-14(8-12)17(25)16(22-18(13)20)19(26)21-9-15(23)24;1-26-12-2-4-13(5-3-12)27-14-6-7-15-11(8-14)9-20-17(18(15)24)19(25)21-10-16(22)23/h2-8,25H,9H2,1H3,(H,21,26)(H,23,24);2-9,24H,10H2,1H3,(H,21,25)(H,22,23). The maximum atomic E-state index is 12.1. The van der Waals surface area contributed by atoms with E-state index in [1.165, 1.54) is 12.3 Å². The summed E-state index contributed by atoms with van der Waals surface area (Å²) < 4.78 is 21.7. The lowest BCUT2D eigenvalue weighted by atomic mass is 10.1. The molecule has 55 heavy (non-hydrogen) atoms. The Balaban J connectivity index is 0.000000211. The minimum Gasteiger partial charge on any atom is -0.505 e. The molecule has 17 heteroatoms. The Morgan fingerprint density at radius 3 is 1.55 bits per heavy atom. The van der Waals surface area contributed by atoms with E-state index in [4.69, 9.17) is 40.8 Å². The van der Waals surface area contributed by atoms with Crippen LogP contribution < -0.4 is 29.6 Å². The van der Waals surface area contributed by atoms with Crippen LogP contribution in [0.4, 0.5) is 0 Å². The number of carbonyl (C=O) groups is 4. The van der Waals surface area contributed by atoms with Crippen LogP contribution in [0.3, 0.4) is 0 Å². The quantitative estimate of drug-likeness (QED) is 0.0812. The molecule has 282 valence electrons. The normalized spacial score (nSPS) is 10.5. The zero-order chi connectivity index (χ0) is 39.6. The molecular weight excluding hydrogens is 740 g/mol. The molecule has 4 aromatic carbocycles. The van der Waals surface area contributed by atoms with Crippen LogP contribution in [0.5, 0.6) is 46.0 Å². The summed E-state index contributed by atoms with van der Waals surface area (Å²) in [5.74, 6) is -1.34. The summed E-state index contributed by atoms with van der Waals surface area (Å²) in [7, 11) is 3.14. The van der Waals surface area contributed by atoms with E-state index in [1.807, 2.05) is 0 Å². The summed E-state index contributed by atoms with van der Waals surface area (Å²) in [5, 5.41) is 43.9. The lowest BCUT2D eigenvalue weighted by Crippen LogP contribution is -2.30. The number of methoxy groups -OCH3 is 2. The highest BCUT2D eigenvalue weighted by atomic mass is 35.5. The van der Waals surface area contributed by atoms with Crippen LogP contribution in [0.2, 0.25) is 5.15 Å². The van der Waals surface area contributed by atoms with Gasteiger partial charge in [0.25, 0.3) is 11.8 Å². The van der Waals surface area contributed by atoms with Gasteiger partial charge in [-0.3, -0.25) is 19.2 Å². The number of aromatic nitrogens is 2. The number of pyridine rings is 2. The highest BCUT2D eigenvalue weighted by Gasteiger charge is 2.20. The van der Waals surface area contributed by atoms with E-state index < -0.39 is 42.6 Å². The van der Waals surface area contributed by atoms with E-state index in [0.29, 0.717) is 50.7 Å². The first-order valence-corrected chi connectivity index (χ1v) is 16.3. The molecular formula is C38H31ClN4O12. The smallest absolute Gasteiger partial charge is 0.322 e. The monoisotopic (exact) mass is 770 g/mol. The number of fused-ring (bicyclic) bond motifs is 2. The number of hydrogen-bond acceptors (Lipinski definition) is 12. The van der Waals surface area contributed by atoms with Gasteiger partial charge in [-0.25, -0.2) is 9.97 Å². The highest BCUT2D eigenvalue weighted by Crippen LogP contribution is 2.36. The first-order chi connectivity index (χ1) is 26.4. The lowest BCUT2D eigenvalue weighted by Gasteiger charge is -2.11. The Bertz CT molecular complexity index is 2390. The van der Waals surface area contributed by atoms with E-state index in [1.54, 1.807) is 93.1 Å². The van der Waals surface area contributed by atoms with E-state index in [9.17, 15) is 29.4 Å². The number of carboxylic acids is 2. The molecule has 0 radical (unpaired) electrons. The van der Waals surface area contributed by atoms with Gasteiger partial charge in [0.1, 0.15) is 52.7 Å². The van der Waals surface area contributed by atoms with Crippen molar-refractivity contribution in [2.75, 3.05) is 27.3 Å². The maximum Gasteiger partial charge on any atom is 0.322 e. The third-order valence-electron chi connectivity index (χ3n) is 7.56. The minimum absolute atomic E-state index is 0.00993. The van der Waals surface area contributed by atoms with Gasteiger partial charge in [-0.1, -0.05) is 11.6 Å². The zero-order valence-electron chi connectivity index (χ0n) is 28.9. The first kappa shape index (κ1) is 38.9. The molecule has 0 atom stereocenters. The summed E-state index contributed by atoms with van der Waals surface area (Å²) >= 11 is 6.11. The van der Waals surface area contributed by atoms with Crippen molar-refractivity contribution < 1.29 is 58.6 Å². The number of aromatic hydroxyl groups is 2. The predicted octanol–water partition coefficient (Wildman–Crippen LogP) is 5.76. The molecule has 2 aromatic heterocycles. The Morgan fingerprint density at radius 2 is 1.04 bits per heavy atom. The van der Waals surface area contributed by atoms with Gasteiger partial charge in [-0.2, -0.15) is 0 Å². The maximum absolute atomic E-state index is 12.1. The number of hydrogen-bond donors (Lipinski definition) is 6. The number of carbonyl (C=O) groups excluding carboxylic acids is 2. The molecule has 0 bridgehead atoms. The van der Waals surface area contributed by atoms with Crippen LogP contribution in [-0.4, -0.2) is 81.5 Å². The summed E-state index contributed by atoms with van der Waals surface area (Å²) in [6.45, 7) is -1.18. The third kappa shape index (κ3) is 9.76. The molecule has 6 N–H and O–H groups in total. The number of nitrogens with one attached hydrogen (secondary N) is 2. The van der Waals surface area contributed by atoms with Crippen molar-refractivity contribution in [1.82, 2.24) is 20.6 Å². The van der Waals surface area contributed by atoms with Gasteiger partial charge in [-0.05, 0) is 84.9 Å². The second kappa shape index (κ2) is 17.5. The van der Waals surface area contributed by atoms with E-state index in [2.05, 4.69) is 20.6 Å². The molecule has 0 spiro atoms. The SMILES string of the molecule is COc1ccc(Oc2ccc3c(Cl)nc(C(=O)NCC(=O)O)c(O)c3c2)cc1.COc1ccc(Oc2ccc3c(O)c(C(=O)NCC(=O)O)ncc3c2)cc1. The number of carboxylic acid groups (broad SMARTS) is 2. The fraction of sp³-hybridized carbons (Fsp3) is 0.105. The first-order valence-electron chi connectivity index (χ1n) is 15.9. The van der Waals surface area contributed by atoms with Crippen LogP contribution in [0.15, 0.2) is 91.1 Å². The Labute approximate surface area is 316 Å². The largest absolute Gasteiger partial charge is 0.505 e. The third-order valence-corrected chi connectivity index (χ3v) is 7.85. The van der Waals surface area contributed by atoms with Crippen molar-refractivity contribution in [3.8, 4) is 46.0 Å². The van der Waals surface area contributed by atoms with E-state index >= 15 is 0 Å². The van der Waals surface area contributed by atoms with Gasteiger partial charge in [0.15, 0.2) is 22.9 Å². The van der Waals surface area contributed by atoms with Crippen LogP contribution in [0.25, 0.3) is 21.5 Å². The van der Waals surface area contributed by atoms with Gasteiger partial charge >= 0.3 is 11.9 Å². The second-order valence-electron chi connectivity index (χ2n) is 11.2. The summed E-state index contributed by atoms with van der Waals surface area (Å²) in [5.41, 5.74) is -0.618. The summed E-state index contributed by atoms with van der Waals surface area (Å²) in [4.78, 5) is 53.0. The molecule has 2 heterocycles. The summed E-state index contributed by atoms with van der Waals surface area (Å²) in [6, 6.07) is 23.6. The molecule has 0 saturated carbocycles. The van der Waals surface area contributed by atoms with Gasteiger partial charge in [-0.15, -0.1) is 0 Å². The van der Waals surface area contributed by atoms with E-state index in [-0.39, 0.29) is 27.7 Å². The fourth-order valence-electron chi connectivity index (χ4n) is 4.91. The lowest BCUT2D eigenvalue weighted by molar-refractivity contribution is -0.136. The van der Waals surface area contributed by atoms with Crippen LogP contribution in [-0.2, 0) is 9.59 Å². The second-order valence-corrected chi connectivity index (χ2v) is 11.6. The zero-order valence-corrected chi connectivity index (χ0v) is 29.7. The molecule has 6 rings (SSSR count). The Morgan fingerprint density at radius 1 is 0.600 bits per heavy atom. The van der Waals surface area contributed by atoms with Crippen molar-refractivity contribution >= 4 is 56.9 Å². The van der Waals surface area contributed by atoms with Crippen molar-refractivity contribution in [3.05, 3.63) is 108 Å². The van der Waals surface area contributed by atoms with Crippen molar-refractivity contribution in [2.45, 2.75) is 0 Å². The number of amides is 2. The highest BCUT2D eigenvalue weighted by molar-refractivity contribution is 6.35. The van der Waals surface area contributed by atoms with Gasteiger partial charge in [0, 0.05) is 27.7 Å². The van der Waals surface area contributed by atoms with Gasteiger partial charge in [0.05, 0.1) is 14.2 Å². The molecule has 0 saturated heterocycles. The van der Waals surface area contributed by atoms with Gasteiger partial charge < -0.3 is 50.0 Å². The van der Waals surface area contributed by atoms with Crippen LogP contribution >= 0.6 is 11.6 Å². The predicted molar refractivity (Wildman–Crippen MR) is 198 cm³/mol. The van der Waals surface area contributed by atoms with Crippen molar-refractivity contribution in [1.29, 1.82) is 0 Å². The average molecular weight is 771 g/mol. The number of benzene rings is 4. The van der Waals surface area contributed by atoms with Gasteiger partial charge in [0.2, 0.25) is 0 Å². The van der Waals surface area contributed by atoms with E-state index in [0.717, 1.165) is 0 Å². The Hall–Kier alpha value is -7.33. The molecule has 0 unspecified atom stereocenters. The molecule has 2 amide bonds. The summed E-state index contributed by atoms with van der Waals surface area (Å²) in [6.07, 6.45) is 1.41. The number of halogens is 1. The average Bonchev–Trinajstić information content (AvgIpc) is 3.18. The number of aliphatic carboxylic acids is 2. The molecule has 0 aliphatic carbocycles. The Kier molecular flexibility index (Phi) is 12.3. The fourth-order valence-corrected chi connectivity index (χ4v) is 5.16. The van der Waals surface area contributed by atoms with Crippen LogP contribution in [0.1, 0.15) is 21.0 Å². The number of rotatable bonds is 12. The van der Waals surface area contributed by atoms with Crippen molar-refractivity contribution in [2.24, 2.45) is 0 Å². The molecule has 6 aromatic rings. The minimum atomic E-state index is -1.23. The molecule has 0 aliphatic heterocycles. The van der Waals surface area contributed by atoms with Crippen molar-refractivity contribution in [3.63, 3.8) is 0 Å². The molecule has 16 nitrogen and oxygen atoms in total. The molecule has 0 aliphatic rings. The number of nitrogens with zero attached hydrogens (tertiary/aromatic N) is 2. The topological polar surface area (TPSA) is 236 Å². The number of ether oxygens (including phenoxy) is 4. The molecule has 0 fully saturated rings. The van der Waals surface area contributed by atoms with Crippen LogP contribution in [0, 0.1) is 0 Å².